The SMILES string of the molecule is COC(=O)C(C(C)[C@H]1CN(c2ccc3cc(-c4ccccc4C(F)(F)F)[nH]c(=O)c3c2)C(=O)O1)N(C)C(=O)CN. The van der Waals surface area contributed by atoms with Crippen LogP contribution in [0.4, 0.5) is 23.7 Å². The predicted octanol–water partition coefficient (Wildman–Crippen LogP) is 3.13. The van der Waals surface area contributed by atoms with Gasteiger partial charge in [-0.05, 0) is 29.7 Å². The molecule has 2 heterocycles. The second kappa shape index (κ2) is 11.0. The average molecular weight is 561 g/mol. The Hall–Kier alpha value is -4.39. The number of benzene rings is 2. The van der Waals surface area contributed by atoms with E-state index in [0.29, 0.717) is 11.1 Å². The van der Waals surface area contributed by atoms with Gasteiger partial charge in [0.15, 0.2) is 0 Å². The largest absolute Gasteiger partial charge is 0.467 e. The maximum absolute atomic E-state index is 13.5. The molecule has 0 saturated carbocycles. The van der Waals surface area contributed by atoms with Gasteiger partial charge < -0.3 is 25.1 Å². The first kappa shape index (κ1) is 28.6. The number of fused-ring (bicyclic) bond motifs is 1. The summed E-state index contributed by atoms with van der Waals surface area (Å²) >= 11 is 0. The highest BCUT2D eigenvalue weighted by molar-refractivity contribution is 5.95. The van der Waals surface area contributed by atoms with Crippen molar-refractivity contribution in [1.82, 2.24) is 9.88 Å². The standard InChI is InChI=1S/C27H27F3N4O6/c1-14(23(25(37)39-3)33(2)22(35)12-31)21-13-34(26(38)40-21)16-9-8-15-10-20(32-24(36)18(15)11-16)17-6-4-5-7-19(17)27(28,29)30/h4-11,14,21,23H,12-13,31H2,1-3H3,(H,32,36)/t14?,21-,23?/m1/s1. The van der Waals surface area contributed by atoms with Gasteiger partial charge in [-0.2, -0.15) is 13.2 Å². The van der Waals surface area contributed by atoms with Crippen LogP contribution in [0.3, 0.4) is 0 Å². The maximum Gasteiger partial charge on any atom is 0.417 e. The van der Waals surface area contributed by atoms with Crippen LogP contribution in [0, 0.1) is 5.92 Å². The fourth-order valence-corrected chi connectivity index (χ4v) is 4.84. The van der Waals surface area contributed by atoms with Gasteiger partial charge in [-0.3, -0.25) is 14.5 Å². The van der Waals surface area contributed by atoms with Crippen molar-refractivity contribution in [3.63, 3.8) is 0 Å². The summed E-state index contributed by atoms with van der Waals surface area (Å²) in [6.45, 7) is 1.30. The smallest absolute Gasteiger partial charge is 0.417 e. The van der Waals surface area contributed by atoms with Crippen LogP contribution < -0.4 is 16.2 Å². The van der Waals surface area contributed by atoms with Crippen molar-refractivity contribution in [2.75, 3.05) is 32.1 Å². The van der Waals surface area contributed by atoms with Crippen LogP contribution in [-0.4, -0.2) is 67.2 Å². The first-order chi connectivity index (χ1) is 18.9. The molecule has 0 radical (unpaired) electrons. The third kappa shape index (κ3) is 5.37. The minimum absolute atomic E-state index is 0.00139. The number of nitrogens with one attached hydrogen (secondary N) is 1. The number of pyridine rings is 1. The number of aromatic nitrogens is 1. The summed E-state index contributed by atoms with van der Waals surface area (Å²) in [5, 5.41) is 0.514. The van der Waals surface area contributed by atoms with Crippen molar-refractivity contribution in [3.05, 3.63) is 64.4 Å². The van der Waals surface area contributed by atoms with Crippen LogP contribution in [0.2, 0.25) is 0 Å². The van der Waals surface area contributed by atoms with Crippen LogP contribution >= 0.6 is 0 Å². The molecule has 2 aromatic carbocycles. The number of methoxy groups -OCH3 is 1. The molecule has 2 unspecified atom stereocenters. The minimum atomic E-state index is -4.62. The van der Waals surface area contributed by atoms with E-state index in [1.165, 1.54) is 61.5 Å². The number of ether oxygens (including phenoxy) is 2. The summed E-state index contributed by atoms with van der Waals surface area (Å²) < 4.78 is 50.9. The van der Waals surface area contributed by atoms with Gasteiger partial charge in [0.1, 0.15) is 12.1 Å². The molecule has 0 bridgehead atoms. The Balaban J connectivity index is 1.64. The molecular formula is C27H27F3N4O6. The maximum atomic E-state index is 13.5. The Bertz CT molecular complexity index is 1520. The molecule has 2 amide bonds. The normalized spacial score (nSPS) is 16.9. The van der Waals surface area contributed by atoms with E-state index in [9.17, 15) is 32.3 Å². The van der Waals surface area contributed by atoms with Gasteiger partial charge in [-0.1, -0.05) is 31.2 Å². The Labute approximate surface area is 226 Å². The van der Waals surface area contributed by atoms with E-state index in [4.69, 9.17) is 15.2 Å². The summed E-state index contributed by atoms with van der Waals surface area (Å²) in [6, 6.07) is 9.78. The first-order valence-electron chi connectivity index (χ1n) is 12.2. The number of cyclic esters (lactones) is 1. The Kier molecular flexibility index (Phi) is 7.87. The monoisotopic (exact) mass is 560 g/mol. The number of rotatable bonds is 7. The number of halogens is 3. The summed E-state index contributed by atoms with van der Waals surface area (Å²) in [5.41, 5.74) is 4.05. The van der Waals surface area contributed by atoms with E-state index < -0.39 is 53.3 Å². The summed E-state index contributed by atoms with van der Waals surface area (Å²) in [5.74, 6) is -1.89. The molecule has 10 nitrogen and oxygen atoms in total. The third-order valence-electron chi connectivity index (χ3n) is 7.01. The number of amides is 2. The number of carbonyl (C=O) groups excluding carboxylic acids is 3. The zero-order valence-corrected chi connectivity index (χ0v) is 21.8. The molecule has 13 heteroatoms. The zero-order valence-electron chi connectivity index (χ0n) is 21.8. The van der Waals surface area contributed by atoms with E-state index in [0.717, 1.165) is 11.0 Å². The summed E-state index contributed by atoms with van der Waals surface area (Å²) in [4.78, 5) is 55.3. The lowest BCUT2D eigenvalue weighted by atomic mass is 9.94. The highest BCUT2D eigenvalue weighted by Crippen LogP contribution is 2.37. The van der Waals surface area contributed by atoms with Crippen molar-refractivity contribution < 1.29 is 37.0 Å². The average Bonchev–Trinajstić information content (AvgIpc) is 3.33. The molecule has 1 fully saturated rings. The van der Waals surface area contributed by atoms with Crippen molar-refractivity contribution in [2.45, 2.75) is 25.2 Å². The topological polar surface area (TPSA) is 135 Å². The van der Waals surface area contributed by atoms with Crippen molar-refractivity contribution in [2.24, 2.45) is 11.7 Å². The molecule has 3 atom stereocenters. The fraction of sp³-hybridized carbons (Fsp3) is 0.333. The van der Waals surface area contributed by atoms with Gasteiger partial charge in [0.05, 0.1) is 25.8 Å². The Morgan fingerprint density at radius 3 is 2.55 bits per heavy atom. The van der Waals surface area contributed by atoms with Gasteiger partial charge in [0.2, 0.25) is 5.91 Å². The first-order valence-corrected chi connectivity index (χ1v) is 12.2. The van der Waals surface area contributed by atoms with Gasteiger partial charge in [-0.25, -0.2) is 9.59 Å². The van der Waals surface area contributed by atoms with Crippen LogP contribution in [0.25, 0.3) is 22.0 Å². The molecular weight excluding hydrogens is 533 g/mol. The van der Waals surface area contributed by atoms with E-state index in [1.807, 2.05) is 0 Å². The molecule has 1 aliphatic rings. The van der Waals surface area contributed by atoms with E-state index in [1.54, 1.807) is 6.92 Å². The number of carbonyl (C=O) groups is 3. The Morgan fingerprint density at radius 2 is 1.90 bits per heavy atom. The number of likely N-dealkylation sites (N-methyl/N-ethyl adjacent to an activating group) is 1. The number of H-pyrrole nitrogens is 1. The summed E-state index contributed by atoms with van der Waals surface area (Å²) in [7, 11) is 2.58. The number of nitrogens with zero attached hydrogens (tertiary/aromatic N) is 2. The number of nitrogens with two attached hydrogens (primary N) is 1. The zero-order chi connectivity index (χ0) is 29.4. The third-order valence-corrected chi connectivity index (χ3v) is 7.01. The molecule has 1 saturated heterocycles. The number of hydrogen-bond donors (Lipinski definition) is 2. The molecule has 4 rings (SSSR count). The molecule has 1 aliphatic heterocycles. The molecule has 1 aromatic heterocycles. The van der Waals surface area contributed by atoms with E-state index in [-0.39, 0.29) is 29.7 Å². The van der Waals surface area contributed by atoms with Crippen LogP contribution in [0.15, 0.2) is 53.3 Å². The molecule has 212 valence electrons. The highest BCUT2D eigenvalue weighted by atomic mass is 19.4. The molecule has 3 aromatic rings. The number of esters is 1. The van der Waals surface area contributed by atoms with Crippen LogP contribution in [-0.2, 0) is 25.2 Å². The molecule has 3 N–H and O–H groups in total. The Morgan fingerprint density at radius 1 is 1.20 bits per heavy atom. The van der Waals surface area contributed by atoms with Crippen molar-refractivity contribution in [3.8, 4) is 11.3 Å². The van der Waals surface area contributed by atoms with E-state index >= 15 is 0 Å². The predicted molar refractivity (Wildman–Crippen MR) is 139 cm³/mol. The number of hydrogen-bond acceptors (Lipinski definition) is 7. The van der Waals surface area contributed by atoms with E-state index in [2.05, 4.69) is 4.98 Å². The minimum Gasteiger partial charge on any atom is -0.467 e. The summed E-state index contributed by atoms with van der Waals surface area (Å²) in [6.07, 6.45) is -6.17. The highest BCUT2D eigenvalue weighted by Gasteiger charge is 2.43. The van der Waals surface area contributed by atoms with Crippen molar-refractivity contribution in [1.29, 1.82) is 0 Å². The quantitative estimate of drug-likeness (QED) is 0.424. The lowest BCUT2D eigenvalue weighted by molar-refractivity contribution is -0.155. The number of aromatic amines is 1. The number of alkyl halides is 3. The van der Waals surface area contributed by atoms with Gasteiger partial charge in [0, 0.05) is 35.3 Å². The molecule has 40 heavy (non-hydrogen) atoms. The second-order valence-electron chi connectivity index (χ2n) is 9.40. The van der Waals surface area contributed by atoms with Gasteiger partial charge >= 0.3 is 18.2 Å². The van der Waals surface area contributed by atoms with Gasteiger partial charge in [-0.15, -0.1) is 0 Å². The molecule has 0 spiro atoms. The lowest BCUT2D eigenvalue weighted by Crippen LogP contribution is -2.52. The number of anilines is 1. The lowest BCUT2D eigenvalue weighted by Gasteiger charge is -2.32. The van der Waals surface area contributed by atoms with Crippen molar-refractivity contribution >= 4 is 34.4 Å². The van der Waals surface area contributed by atoms with Gasteiger partial charge in [0.25, 0.3) is 5.56 Å². The molecule has 0 aliphatic carbocycles. The van der Waals surface area contributed by atoms with Crippen LogP contribution in [0.5, 0.6) is 0 Å². The van der Waals surface area contributed by atoms with Crippen LogP contribution in [0.1, 0.15) is 12.5 Å². The second-order valence-corrected chi connectivity index (χ2v) is 9.40. The fourth-order valence-electron chi connectivity index (χ4n) is 4.84.